The molecule has 36 heavy (non-hydrogen) atoms. The number of rotatable bonds is 8. The Hall–Kier alpha value is -3.70. The van der Waals surface area contributed by atoms with Gasteiger partial charge < -0.3 is 10.4 Å². The van der Waals surface area contributed by atoms with E-state index in [1.165, 1.54) is 17.8 Å². The molecular formula is C31H30N2O2S. The third-order valence-electron chi connectivity index (χ3n) is 6.98. The Morgan fingerprint density at radius 3 is 1.81 bits per heavy atom. The first kappa shape index (κ1) is 24.0. The zero-order valence-corrected chi connectivity index (χ0v) is 21.0. The van der Waals surface area contributed by atoms with E-state index < -0.39 is 11.5 Å². The molecule has 4 nitrogen and oxygen atoms in total. The molecule has 1 aliphatic carbocycles. The Bertz CT molecular complexity index is 1210. The normalized spacial score (nSPS) is 14.9. The number of hydrogen-bond donors (Lipinski definition) is 2. The minimum Gasteiger partial charge on any atom is -0.478 e. The summed E-state index contributed by atoms with van der Waals surface area (Å²) in [5, 5.41) is 16.3. The molecule has 0 atom stereocenters. The van der Waals surface area contributed by atoms with Gasteiger partial charge in [-0.2, -0.15) is 0 Å². The van der Waals surface area contributed by atoms with Crippen molar-refractivity contribution >= 4 is 28.0 Å². The second-order valence-electron chi connectivity index (χ2n) is 9.29. The highest BCUT2D eigenvalue weighted by Crippen LogP contribution is 2.41. The zero-order chi connectivity index (χ0) is 24.8. The molecule has 0 radical (unpaired) electrons. The molecular weight excluding hydrogens is 464 g/mol. The van der Waals surface area contributed by atoms with Crippen molar-refractivity contribution in [1.29, 1.82) is 0 Å². The van der Waals surface area contributed by atoms with Gasteiger partial charge in [0.25, 0.3) is 0 Å². The Kier molecular flexibility index (Phi) is 7.28. The number of thiazole rings is 1. The summed E-state index contributed by atoms with van der Waals surface area (Å²) in [7, 11) is 0. The van der Waals surface area contributed by atoms with Crippen LogP contribution in [0.1, 0.15) is 54.5 Å². The first-order valence-corrected chi connectivity index (χ1v) is 13.4. The second-order valence-corrected chi connectivity index (χ2v) is 10.2. The highest BCUT2D eigenvalue weighted by atomic mass is 32.1. The van der Waals surface area contributed by atoms with E-state index in [-0.39, 0.29) is 0 Å². The summed E-state index contributed by atoms with van der Waals surface area (Å²) in [6.07, 6.45) is 7.57. The molecule has 4 aromatic rings. The van der Waals surface area contributed by atoms with Crippen LogP contribution in [0.3, 0.4) is 0 Å². The number of hydrogen-bond acceptors (Lipinski definition) is 4. The lowest BCUT2D eigenvalue weighted by Crippen LogP contribution is -2.38. The molecule has 1 saturated carbocycles. The fraction of sp³-hybridized carbons (Fsp3) is 0.226. The van der Waals surface area contributed by atoms with Gasteiger partial charge in [0.05, 0.1) is 11.3 Å². The third-order valence-corrected chi connectivity index (χ3v) is 7.74. The fourth-order valence-electron chi connectivity index (χ4n) is 5.20. The number of nitrogens with zero attached hydrogens (tertiary/aromatic N) is 1. The molecule has 1 aliphatic rings. The van der Waals surface area contributed by atoms with Crippen LogP contribution in [0.4, 0.5) is 5.13 Å². The maximum atomic E-state index is 12.2. The van der Waals surface area contributed by atoms with Crippen LogP contribution < -0.4 is 5.32 Å². The molecule has 2 N–H and O–H groups in total. The van der Waals surface area contributed by atoms with Gasteiger partial charge in [0.15, 0.2) is 5.13 Å². The standard InChI is InChI=1S/C31H30N2O2S/c34-29(35)27(21-23-13-5-1-6-14-23)28-22-36-30(32-28)33-31(24-15-7-2-8-16-24,25-17-9-3-10-18-25)26-19-11-4-12-20-26/h2-4,7-12,15-23H,1,5-6,13-14H2,(H,32,33)(H,34,35). The van der Waals surface area contributed by atoms with Gasteiger partial charge in [-0.15, -0.1) is 11.3 Å². The van der Waals surface area contributed by atoms with Gasteiger partial charge in [-0.25, -0.2) is 9.78 Å². The van der Waals surface area contributed by atoms with E-state index in [0.29, 0.717) is 22.3 Å². The maximum Gasteiger partial charge on any atom is 0.337 e. The van der Waals surface area contributed by atoms with Gasteiger partial charge in [-0.1, -0.05) is 116 Å². The van der Waals surface area contributed by atoms with Crippen molar-refractivity contribution in [2.24, 2.45) is 5.92 Å². The van der Waals surface area contributed by atoms with E-state index in [4.69, 9.17) is 4.98 Å². The molecule has 1 aromatic heterocycles. The molecule has 1 fully saturated rings. The minimum absolute atomic E-state index is 0.302. The van der Waals surface area contributed by atoms with Gasteiger partial charge in [-0.3, -0.25) is 0 Å². The lowest BCUT2D eigenvalue weighted by molar-refractivity contribution is -0.130. The van der Waals surface area contributed by atoms with Crippen molar-refractivity contribution in [3.63, 3.8) is 0 Å². The van der Waals surface area contributed by atoms with E-state index in [2.05, 4.69) is 41.7 Å². The molecule has 5 rings (SSSR count). The van der Waals surface area contributed by atoms with E-state index in [0.717, 1.165) is 42.4 Å². The van der Waals surface area contributed by atoms with Crippen molar-refractivity contribution in [3.8, 4) is 0 Å². The van der Waals surface area contributed by atoms with Crippen molar-refractivity contribution in [2.45, 2.75) is 37.6 Å². The third kappa shape index (κ3) is 4.98. The number of allylic oxidation sites excluding steroid dienone is 1. The van der Waals surface area contributed by atoms with Gasteiger partial charge in [0.1, 0.15) is 5.54 Å². The Morgan fingerprint density at radius 2 is 1.33 bits per heavy atom. The molecule has 0 amide bonds. The Morgan fingerprint density at radius 1 is 0.833 bits per heavy atom. The molecule has 182 valence electrons. The molecule has 1 heterocycles. The van der Waals surface area contributed by atoms with Gasteiger partial charge in [-0.05, 0) is 35.4 Å². The fourth-order valence-corrected chi connectivity index (χ4v) is 5.96. The molecule has 0 unspecified atom stereocenters. The first-order chi connectivity index (χ1) is 17.7. The van der Waals surface area contributed by atoms with Crippen LogP contribution in [-0.4, -0.2) is 16.1 Å². The van der Waals surface area contributed by atoms with E-state index in [9.17, 15) is 9.90 Å². The predicted octanol–water partition coefficient (Wildman–Crippen LogP) is 7.60. The number of carboxylic acid groups (broad SMARTS) is 1. The van der Waals surface area contributed by atoms with Crippen molar-refractivity contribution in [1.82, 2.24) is 4.98 Å². The molecule has 3 aromatic carbocycles. The lowest BCUT2D eigenvalue weighted by Gasteiger charge is -2.36. The number of nitrogens with one attached hydrogen (secondary N) is 1. The van der Waals surface area contributed by atoms with Crippen LogP contribution in [0.25, 0.3) is 5.57 Å². The highest BCUT2D eigenvalue weighted by molar-refractivity contribution is 7.13. The molecule has 0 aliphatic heterocycles. The van der Waals surface area contributed by atoms with E-state index in [1.807, 2.05) is 66.1 Å². The Labute approximate surface area is 216 Å². The summed E-state index contributed by atoms with van der Waals surface area (Å²) >= 11 is 1.44. The topological polar surface area (TPSA) is 62.2 Å². The van der Waals surface area contributed by atoms with Crippen LogP contribution in [0, 0.1) is 5.92 Å². The summed E-state index contributed by atoms with van der Waals surface area (Å²) in [4.78, 5) is 17.0. The van der Waals surface area contributed by atoms with Crippen molar-refractivity contribution < 1.29 is 9.90 Å². The molecule has 0 saturated heterocycles. The smallest absolute Gasteiger partial charge is 0.337 e. The van der Waals surface area contributed by atoms with Crippen LogP contribution in [0.15, 0.2) is 102 Å². The van der Waals surface area contributed by atoms with Crippen LogP contribution >= 0.6 is 11.3 Å². The van der Waals surface area contributed by atoms with Crippen molar-refractivity contribution in [2.75, 3.05) is 5.32 Å². The lowest BCUT2D eigenvalue weighted by atomic mass is 9.77. The summed E-state index contributed by atoms with van der Waals surface area (Å²) in [5.74, 6) is -0.613. The predicted molar refractivity (Wildman–Crippen MR) is 147 cm³/mol. The van der Waals surface area contributed by atoms with E-state index >= 15 is 0 Å². The summed E-state index contributed by atoms with van der Waals surface area (Å²) < 4.78 is 0. The number of aromatic nitrogens is 1. The van der Waals surface area contributed by atoms with Crippen LogP contribution in [0.2, 0.25) is 0 Å². The largest absolute Gasteiger partial charge is 0.478 e. The quantitative estimate of drug-likeness (QED) is 0.196. The number of carbonyl (C=O) groups is 1. The SMILES string of the molecule is O=C(O)C(=CC1CCCCC1)c1csc(NC(c2ccccc2)(c2ccccc2)c2ccccc2)n1. The summed E-state index contributed by atoms with van der Waals surface area (Å²) in [6.45, 7) is 0. The van der Waals surface area contributed by atoms with Crippen molar-refractivity contribution in [3.05, 3.63) is 125 Å². The van der Waals surface area contributed by atoms with Gasteiger partial charge in [0, 0.05) is 5.38 Å². The molecule has 0 bridgehead atoms. The molecule has 5 heteroatoms. The summed E-state index contributed by atoms with van der Waals surface area (Å²) in [5.41, 5.74) is 3.36. The average Bonchev–Trinajstić information content (AvgIpc) is 3.40. The number of anilines is 1. The maximum absolute atomic E-state index is 12.2. The zero-order valence-electron chi connectivity index (χ0n) is 20.1. The number of carboxylic acids is 1. The molecule has 0 spiro atoms. The van der Waals surface area contributed by atoms with Gasteiger partial charge >= 0.3 is 5.97 Å². The van der Waals surface area contributed by atoms with Gasteiger partial charge in [0.2, 0.25) is 0 Å². The van der Waals surface area contributed by atoms with Crippen LogP contribution in [0.5, 0.6) is 0 Å². The highest BCUT2D eigenvalue weighted by Gasteiger charge is 2.37. The monoisotopic (exact) mass is 494 g/mol. The second kappa shape index (κ2) is 10.9. The summed E-state index contributed by atoms with van der Waals surface area (Å²) in [6, 6.07) is 31.0. The number of aliphatic carboxylic acids is 1. The Balaban J connectivity index is 1.60. The number of benzene rings is 3. The minimum atomic E-state index is -0.919. The van der Waals surface area contributed by atoms with Crippen LogP contribution in [-0.2, 0) is 10.3 Å². The first-order valence-electron chi connectivity index (χ1n) is 12.5. The average molecular weight is 495 g/mol. The van der Waals surface area contributed by atoms with E-state index in [1.54, 1.807) is 0 Å².